The topological polar surface area (TPSA) is 68.3 Å². The summed E-state index contributed by atoms with van der Waals surface area (Å²) in [5.41, 5.74) is 1.77. The number of hydrogen-bond acceptors (Lipinski definition) is 4. The Labute approximate surface area is 143 Å². The molecule has 0 fully saturated rings. The molecule has 3 rings (SSSR count). The van der Waals surface area contributed by atoms with Crippen LogP contribution in [0.1, 0.15) is 31.9 Å². The van der Waals surface area contributed by atoms with Crippen molar-refractivity contribution in [3.8, 4) is 11.6 Å². The Balaban J connectivity index is 1.78. The molecule has 0 radical (unpaired) electrons. The summed E-state index contributed by atoms with van der Waals surface area (Å²) in [5, 5.41) is -0.443. The minimum Gasteiger partial charge on any atom is -0.439 e. The van der Waals surface area contributed by atoms with Gasteiger partial charge in [-0.2, -0.15) is 0 Å². The predicted octanol–water partition coefficient (Wildman–Crippen LogP) is 3.06. The van der Waals surface area contributed by atoms with Crippen molar-refractivity contribution in [2.75, 3.05) is 0 Å². The van der Waals surface area contributed by atoms with Gasteiger partial charge in [0.2, 0.25) is 15.9 Å². The number of benzene rings is 1. The van der Waals surface area contributed by atoms with Crippen LogP contribution in [0.15, 0.2) is 42.6 Å². The maximum absolute atomic E-state index is 12.2. The molecule has 0 bridgehead atoms. The van der Waals surface area contributed by atoms with E-state index in [0.29, 0.717) is 24.5 Å². The molecular weight excluding hydrogens is 324 g/mol. The molecule has 24 heavy (non-hydrogen) atoms. The summed E-state index contributed by atoms with van der Waals surface area (Å²) < 4.78 is 33.0. The SMILES string of the molecule is CC(C)S(=O)(=O)N[C@@]1(C)Cc2ccc(Oc3ccccn3)cc2C1. The average Bonchev–Trinajstić information content (AvgIpc) is 2.82. The summed E-state index contributed by atoms with van der Waals surface area (Å²) in [6.07, 6.45) is 3.01. The number of ether oxygens (including phenoxy) is 1. The van der Waals surface area contributed by atoms with Crippen LogP contribution in [0.2, 0.25) is 0 Å². The second kappa shape index (κ2) is 6.18. The lowest BCUT2D eigenvalue weighted by Crippen LogP contribution is -2.49. The first-order valence-corrected chi connectivity index (χ1v) is 9.56. The van der Waals surface area contributed by atoms with Crippen molar-refractivity contribution in [3.63, 3.8) is 0 Å². The zero-order valence-electron chi connectivity index (χ0n) is 14.1. The molecule has 0 amide bonds. The van der Waals surface area contributed by atoms with Gasteiger partial charge in [-0.1, -0.05) is 12.1 Å². The highest BCUT2D eigenvalue weighted by molar-refractivity contribution is 7.90. The van der Waals surface area contributed by atoms with Gasteiger partial charge >= 0.3 is 0 Å². The molecule has 5 nitrogen and oxygen atoms in total. The molecule has 0 spiro atoms. The van der Waals surface area contributed by atoms with Crippen LogP contribution in [0.5, 0.6) is 11.6 Å². The van der Waals surface area contributed by atoms with E-state index in [1.165, 1.54) is 0 Å². The third kappa shape index (κ3) is 3.60. The van der Waals surface area contributed by atoms with Crippen LogP contribution in [-0.4, -0.2) is 24.2 Å². The first-order chi connectivity index (χ1) is 11.3. The van der Waals surface area contributed by atoms with Gasteiger partial charge < -0.3 is 4.74 Å². The summed E-state index contributed by atoms with van der Waals surface area (Å²) in [4.78, 5) is 4.15. The smallest absolute Gasteiger partial charge is 0.219 e. The lowest BCUT2D eigenvalue weighted by molar-refractivity contribution is 0.433. The Bertz CT molecular complexity index is 835. The van der Waals surface area contributed by atoms with E-state index in [-0.39, 0.29) is 0 Å². The highest BCUT2D eigenvalue weighted by Crippen LogP contribution is 2.34. The van der Waals surface area contributed by atoms with Crippen LogP contribution in [0, 0.1) is 0 Å². The van der Waals surface area contributed by atoms with Crippen LogP contribution in [0.4, 0.5) is 0 Å². The van der Waals surface area contributed by atoms with E-state index in [2.05, 4.69) is 9.71 Å². The standard InChI is InChI=1S/C18H22N2O3S/c1-13(2)24(21,22)20-18(3)11-14-7-8-16(10-15(14)12-18)23-17-6-4-5-9-19-17/h4-10,13,20H,11-12H2,1-3H3/t18-/m0/s1. The number of sulfonamides is 1. The number of aromatic nitrogens is 1. The van der Waals surface area contributed by atoms with E-state index in [0.717, 1.165) is 11.1 Å². The molecule has 0 saturated heterocycles. The molecule has 1 aromatic carbocycles. The Hall–Kier alpha value is -1.92. The van der Waals surface area contributed by atoms with Gasteiger partial charge in [0.05, 0.1) is 5.25 Å². The number of fused-ring (bicyclic) bond motifs is 1. The van der Waals surface area contributed by atoms with Gasteiger partial charge in [0.1, 0.15) is 5.75 Å². The number of pyridine rings is 1. The van der Waals surface area contributed by atoms with Crippen molar-refractivity contribution < 1.29 is 13.2 Å². The van der Waals surface area contributed by atoms with E-state index in [1.807, 2.05) is 37.3 Å². The molecule has 128 valence electrons. The minimum absolute atomic E-state index is 0.443. The summed E-state index contributed by atoms with van der Waals surface area (Å²) >= 11 is 0. The molecule has 1 N–H and O–H groups in total. The predicted molar refractivity (Wildman–Crippen MR) is 93.8 cm³/mol. The van der Waals surface area contributed by atoms with Crippen LogP contribution < -0.4 is 9.46 Å². The number of nitrogens with one attached hydrogen (secondary N) is 1. The Kier molecular flexibility index (Phi) is 4.36. The number of rotatable bonds is 5. The molecule has 1 heterocycles. The van der Waals surface area contributed by atoms with Crippen molar-refractivity contribution in [3.05, 3.63) is 53.7 Å². The summed E-state index contributed by atoms with van der Waals surface area (Å²) in [6.45, 7) is 5.32. The largest absolute Gasteiger partial charge is 0.439 e. The van der Waals surface area contributed by atoms with Gasteiger partial charge in [-0.05, 0) is 62.9 Å². The molecule has 0 unspecified atom stereocenters. The maximum Gasteiger partial charge on any atom is 0.219 e. The molecule has 1 aliphatic carbocycles. The van der Waals surface area contributed by atoms with Crippen molar-refractivity contribution in [1.29, 1.82) is 0 Å². The maximum atomic E-state index is 12.2. The van der Waals surface area contributed by atoms with Crippen LogP contribution in [-0.2, 0) is 22.9 Å². The Morgan fingerprint density at radius 3 is 2.58 bits per heavy atom. The first kappa shape index (κ1) is 16.9. The zero-order valence-corrected chi connectivity index (χ0v) is 14.9. The van der Waals surface area contributed by atoms with Gasteiger partial charge in [-0.15, -0.1) is 0 Å². The van der Waals surface area contributed by atoms with E-state index in [1.54, 1.807) is 26.1 Å². The molecule has 6 heteroatoms. The van der Waals surface area contributed by atoms with Crippen molar-refractivity contribution >= 4 is 10.0 Å². The fourth-order valence-corrected chi connectivity index (χ4v) is 4.03. The molecule has 1 aliphatic rings. The monoisotopic (exact) mass is 346 g/mol. The average molecular weight is 346 g/mol. The second-order valence-corrected chi connectivity index (χ2v) is 9.05. The molecule has 0 saturated carbocycles. The quantitative estimate of drug-likeness (QED) is 0.903. The second-order valence-electron chi connectivity index (χ2n) is 6.81. The lowest BCUT2D eigenvalue weighted by Gasteiger charge is -2.26. The first-order valence-electron chi connectivity index (χ1n) is 8.01. The van der Waals surface area contributed by atoms with Crippen molar-refractivity contribution in [2.45, 2.75) is 44.4 Å². The van der Waals surface area contributed by atoms with Gasteiger partial charge in [0.15, 0.2) is 0 Å². The highest BCUT2D eigenvalue weighted by atomic mass is 32.2. The molecule has 2 aromatic rings. The van der Waals surface area contributed by atoms with E-state index in [4.69, 9.17) is 4.74 Å². The molecule has 0 aliphatic heterocycles. The van der Waals surface area contributed by atoms with Gasteiger partial charge in [-0.25, -0.2) is 18.1 Å². The summed E-state index contributed by atoms with van der Waals surface area (Å²) in [5.74, 6) is 1.25. The number of nitrogens with zero attached hydrogens (tertiary/aromatic N) is 1. The van der Waals surface area contributed by atoms with Crippen LogP contribution >= 0.6 is 0 Å². The minimum atomic E-state index is -3.31. The highest BCUT2D eigenvalue weighted by Gasteiger charge is 2.37. The van der Waals surface area contributed by atoms with Gasteiger partial charge in [0.25, 0.3) is 0 Å². The van der Waals surface area contributed by atoms with Gasteiger partial charge in [0, 0.05) is 17.8 Å². The van der Waals surface area contributed by atoms with Crippen molar-refractivity contribution in [2.24, 2.45) is 0 Å². The lowest BCUT2D eigenvalue weighted by atomic mass is 10.0. The van der Waals surface area contributed by atoms with E-state index >= 15 is 0 Å². The fourth-order valence-electron chi connectivity index (χ4n) is 2.97. The third-order valence-electron chi connectivity index (χ3n) is 4.21. The third-order valence-corrected chi connectivity index (χ3v) is 6.23. The van der Waals surface area contributed by atoms with Crippen LogP contribution in [0.25, 0.3) is 0 Å². The van der Waals surface area contributed by atoms with Gasteiger partial charge in [-0.3, -0.25) is 0 Å². The zero-order chi connectivity index (χ0) is 17.4. The summed E-state index contributed by atoms with van der Waals surface area (Å²) in [6, 6.07) is 11.4. The number of hydrogen-bond donors (Lipinski definition) is 1. The molecule has 1 aromatic heterocycles. The van der Waals surface area contributed by atoms with Crippen molar-refractivity contribution in [1.82, 2.24) is 9.71 Å². The van der Waals surface area contributed by atoms with E-state index < -0.39 is 20.8 Å². The Morgan fingerprint density at radius 1 is 1.17 bits per heavy atom. The summed E-state index contributed by atoms with van der Waals surface area (Å²) in [7, 11) is -3.31. The molecular formula is C18H22N2O3S. The fraction of sp³-hybridized carbons (Fsp3) is 0.389. The van der Waals surface area contributed by atoms with Crippen LogP contribution in [0.3, 0.4) is 0 Å². The normalized spacial score (nSPS) is 20.2. The Morgan fingerprint density at radius 2 is 1.92 bits per heavy atom. The molecule has 1 atom stereocenters. The van der Waals surface area contributed by atoms with E-state index in [9.17, 15) is 8.42 Å².